The van der Waals surface area contributed by atoms with Crippen molar-refractivity contribution in [2.45, 2.75) is 56.4 Å². The maximum Gasteiger partial charge on any atom is 0.279 e. The number of carbonyl (C=O) groups excluding carboxylic acids is 5. The number of nitrogens with one attached hydrogen (secondary N) is 2. The number of quaternary nitrogens is 2. The molecular weight excluding hydrogens is 562 g/mol. The first kappa shape index (κ1) is 32.1. The molecule has 1 aromatic rings. The molecule has 0 heterocycles. The minimum atomic E-state index is -3.10. The van der Waals surface area contributed by atoms with E-state index >= 15 is 0 Å². The fraction of sp³-hybridized carbons (Fsp3) is 0.552. The van der Waals surface area contributed by atoms with Crippen molar-refractivity contribution in [3.63, 3.8) is 0 Å². The highest BCUT2D eigenvalue weighted by Gasteiger charge is 2.70. The number of amides is 2. The number of rotatable bonds is 6. The lowest BCUT2D eigenvalue weighted by Gasteiger charge is -2.56. The molecule has 1 fully saturated rings. The van der Waals surface area contributed by atoms with Crippen LogP contribution in [0.3, 0.4) is 0 Å². The number of hydrogen-bond donors (Lipinski definition) is 7. The third-order valence-corrected chi connectivity index (χ3v) is 8.79. The summed E-state index contributed by atoms with van der Waals surface area (Å²) in [6.07, 6.45) is -0.453. The molecule has 0 aromatic heterocycles. The smallest absolute Gasteiger partial charge is 0.279 e. The first-order valence-corrected chi connectivity index (χ1v) is 14.0. The Kier molecular flexibility index (Phi) is 7.76. The number of phenols is 1. The number of nitrogens with two attached hydrogens (primary N) is 2. The van der Waals surface area contributed by atoms with Crippen molar-refractivity contribution < 1.29 is 54.6 Å². The fourth-order valence-electron chi connectivity index (χ4n) is 6.68. The van der Waals surface area contributed by atoms with E-state index in [0.29, 0.717) is 10.6 Å². The Morgan fingerprint density at radius 1 is 1.19 bits per heavy atom. The van der Waals surface area contributed by atoms with Gasteiger partial charge in [-0.2, -0.15) is 0 Å². The molecule has 3 aliphatic rings. The van der Waals surface area contributed by atoms with Crippen LogP contribution in [0.1, 0.15) is 43.1 Å². The van der Waals surface area contributed by atoms with E-state index in [1.54, 1.807) is 38.4 Å². The van der Waals surface area contributed by atoms with E-state index in [2.05, 4.69) is 5.32 Å². The summed E-state index contributed by atoms with van der Waals surface area (Å²) in [6.45, 7) is 5.74. The van der Waals surface area contributed by atoms with Gasteiger partial charge in [0.15, 0.2) is 18.2 Å². The van der Waals surface area contributed by atoms with Crippen LogP contribution in [0.5, 0.6) is 5.75 Å². The van der Waals surface area contributed by atoms with Crippen LogP contribution in [0.4, 0.5) is 11.4 Å². The van der Waals surface area contributed by atoms with Crippen LogP contribution in [0.15, 0.2) is 17.4 Å². The van der Waals surface area contributed by atoms with E-state index in [9.17, 15) is 44.4 Å². The quantitative estimate of drug-likeness (QED) is 0.0935. The summed E-state index contributed by atoms with van der Waals surface area (Å²) >= 11 is 0. The summed E-state index contributed by atoms with van der Waals surface area (Å²) in [4.78, 5) is 68.4. The van der Waals surface area contributed by atoms with Crippen LogP contribution in [0, 0.1) is 11.8 Å². The highest BCUT2D eigenvalue weighted by Crippen LogP contribution is 2.54. The molecule has 0 spiro atoms. The van der Waals surface area contributed by atoms with Gasteiger partial charge in [0, 0.05) is 25.7 Å². The molecular formula is C29H40N5O9+. The number of primary amides is 1. The summed E-state index contributed by atoms with van der Waals surface area (Å²) in [7, 11) is 6.43. The van der Waals surface area contributed by atoms with Crippen LogP contribution in [-0.4, -0.2) is 102 Å². The maximum atomic E-state index is 14.1. The Labute approximate surface area is 248 Å². The lowest BCUT2D eigenvalue weighted by molar-refractivity contribution is -0.881. The minimum absolute atomic E-state index is 0.00125. The highest BCUT2D eigenvalue weighted by atomic mass is 16.4. The Balaban J connectivity index is 1.89. The molecule has 4 rings (SSSR count). The number of anilines is 2. The molecule has 14 nitrogen and oxygen atoms in total. The van der Waals surface area contributed by atoms with Crippen LogP contribution in [0.25, 0.3) is 0 Å². The van der Waals surface area contributed by atoms with Crippen molar-refractivity contribution in [2.75, 3.05) is 45.0 Å². The second-order valence-corrected chi connectivity index (χ2v) is 13.3. The molecule has 43 heavy (non-hydrogen) atoms. The molecule has 0 radical (unpaired) electrons. The van der Waals surface area contributed by atoms with E-state index in [4.69, 9.17) is 5.73 Å². The summed E-state index contributed by atoms with van der Waals surface area (Å²) < 4.78 is 0. The molecule has 1 saturated carbocycles. The van der Waals surface area contributed by atoms with E-state index in [0.717, 1.165) is 0 Å². The number of nitrogens with zero attached hydrogens (tertiary/aromatic N) is 1. The Hall–Kier alpha value is -3.85. The van der Waals surface area contributed by atoms with E-state index in [1.807, 2.05) is 20.8 Å². The lowest BCUT2D eigenvalue weighted by Crippen LogP contribution is -3.13. The zero-order chi connectivity index (χ0) is 32.6. The van der Waals surface area contributed by atoms with Crippen molar-refractivity contribution in [1.29, 1.82) is 0 Å². The number of likely N-dealkylation sites (N-methyl/N-ethyl adjacent to an activating group) is 1. The van der Waals surface area contributed by atoms with Crippen LogP contribution in [0.2, 0.25) is 0 Å². The number of aromatic hydroxyl groups is 1. The number of ketones is 3. The van der Waals surface area contributed by atoms with Crippen molar-refractivity contribution in [2.24, 2.45) is 17.6 Å². The van der Waals surface area contributed by atoms with Gasteiger partial charge in [0.05, 0.1) is 42.4 Å². The van der Waals surface area contributed by atoms with Crippen molar-refractivity contribution in [3.8, 4) is 5.75 Å². The second kappa shape index (κ2) is 10.4. The first-order chi connectivity index (χ1) is 19.7. The van der Waals surface area contributed by atoms with Crippen LogP contribution < -0.4 is 31.3 Å². The third-order valence-electron chi connectivity index (χ3n) is 8.79. The number of fused-ring (bicyclic) bond motifs is 3. The van der Waals surface area contributed by atoms with Gasteiger partial charge in [-0.1, -0.05) is 5.76 Å². The predicted molar refractivity (Wildman–Crippen MR) is 150 cm³/mol. The molecule has 0 saturated heterocycles. The van der Waals surface area contributed by atoms with Gasteiger partial charge in [-0.25, -0.2) is 0 Å². The summed E-state index contributed by atoms with van der Waals surface area (Å²) in [5.41, 5.74) is -2.02. The van der Waals surface area contributed by atoms with Gasteiger partial charge in [-0.05, 0) is 45.2 Å². The molecule has 9 N–H and O–H groups in total. The Bertz CT molecular complexity index is 1480. The van der Waals surface area contributed by atoms with Crippen molar-refractivity contribution in [1.82, 2.24) is 0 Å². The number of Topliss-reactive ketones (excluding diaryl/α,β-unsaturated/α-hetero) is 3. The monoisotopic (exact) mass is 602 g/mol. The van der Waals surface area contributed by atoms with Gasteiger partial charge in [-0.15, -0.1) is 0 Å². The fourth-order valence-corrected chi connectivity index (χ4v) is 6.68. The van der Waals surface area contributed by atoms with E-state index < -0.39 is 80.9 Å². The van der Waals surface area contributed by atoms with E-state index in [1.165, 1.54) is 6.07 Å². The van der Waals surface area contributed by atoms with Gasteiger partial charge in [0.25, 0.3) is 11.8 Å². The molecule has 5 atom stereocenters. The topological polar surface area (TPSA) is 231 Å². The van der Waals surface area contributed by atoms with Gasteiger partial charge < -0.3 is 46.6 Å². The predicted octanol–water partition coefficient (Wildman–Crippen LogP) is -4.64. The number of phenolic OH excluding ortho intramolecular Hbond substituents is 1. The Morgan fingerprint density at radius 3 is 2.30 bits per heavy atom. The summed E-state index contributed by atoms with van der Waals surface area (Å²) in [5.74, 6) is -10.5. The van der Waals surface area contributed by atoms with Gasteiger partial charge >= 0.3 is 0 Å². The zero-order valence-electron chi connectivity index (χ0n) is 25.3. The van der Waals surface area contributed by atoms with Crippen LogP contribution in [-0.2, 0) is 25.6 Å². The van der Waals surface area contributed by atoms with E-state index in [-0.39, 0.29) is 36.2 Å². The summed E-state index contributed by atoms with van der Waals surface area (Å²) in [5, 5.41) is 52.6. The third kappa shape index (κ3) is 4.78. The normalized spacial score (nSPS) is 28.8. The number of aliphatic hydroxyl groups is 2. The molecule has 1 aromatic carbocycles. The SMILES string of the molecule is CN(C)c1cc(NC(=O)C[NH2+]C(C)(C)C)c(O)c2c1C[C@H]1C[C@H]3[C@H]([NH+](C)C)C(=O)C(C(N)=O)=C([O-])[C@@]3(O)C(=O)[C@@]1(O)C2=O. The minimum Gasteiger partial charge on any atom is -0.873 e. The first-order valence-electron chi connectivity index (χ1n) is 14.0. The Morgan fingerprint density at radius 2 is 1.79 bits per heavy atom. The number of benzene rings is 1. The lowest BCUT2D eigenvalue weighted by atomic mass is 9.52. The average molecular weight is 603 g/mol. The molecule has 0 bridgehead atoms. The molecule has 14 heteroatoms. The van der Waals surface area contributed by atoms with Crippen molar-refractivity contribution in [3.05, 3.63) is 28.5 Å². The van der Waals surface area contributed by atoms with Gasteiger partial charge in [-0.3, -0.25) is 24.0 Å². The van der Waals surface area contributed by atoms with Gasteiger partial charge in [0.1, 0.15) is 11.4 Å². The highest BCUT2D eigenvalue weighted by molar-refractivity contribution is 6.27. The number of carbonyl (C=O) groups is 5. The average Bonchev–Trinajstić information content (AvgIpc) is 2.88. The zero-order valence-corrected chi connectivity index (χ0v) is 25.3. The molecule has 0 unspecified atom stereocenters. The van der Waals surface area contributed by atoms with Crippen LogP contribution >= 0.6 is 0 Å². The standard InChI is InChI=1S/C29H39N5O9/c1-27(2,3)31-11-17(35)32-15-10-16(33(4)5)13-8-12-9-14-20(34(6)7)22(37)19(25(30)40)24(39)29(14,43)26(41)28(12,42)23(38)18(13)21(15)36/h10,12,14,20,31,36,39,42-43H,8-9,11H2,1-7H3,(H2,30,40)(H,32,35)/p+1/t12-,14-,20-,28-,29+/m0/s1. The largest absolute Gasteiger partial charge is 0.873 e. The summed E-state index contributed by atoms with van der Waals surface area (Å²) in [6, 6.07) is 0.232. The molecule has 2 amide bonds. The molecule has 234 valence electrons. The molecule has 3 aliphatic carbocycles. The van der Waals surface area contributed by atoms with Crippen molar-refractivity contribution >= 4 is 40.5 Å². The maximum absolute atomic E-state index is 14.1. The van der Waals surface area contributed by atoms with Gasteiger partial charge in [0.2, 0.25) is 17.3 Å². The molecule has 0 aliphatic heterocycles. The number of hydrogen-bond acceptors (Lipinski definition) is 10. The second-order valence-electron chi connectivity index (χ2n) is 13.3.